The Hall–Kier alpha value is -2.38. The first-order chi connectivity index (χ1) is 13.0. The Kier molecular flexibility index (Phi) is 5.76. The van der Waals surface area contributed by atoms with E-state index in [1.165, 1.54) is 17.4 Å². The van der Waals surface area contributed by atoms with Crippen molar-refractivity contribution >= 4 is 24.2 Å². The number of halogens is 1. The van der Waals surface area contributed by atoms with Crippen LogP contribution in [0.15, 0.2) is 34.9 Å². The van der Waals surface area contributed by atoms with Crippen LogP contribution in [0.25, 0.3) is 0 Å². The predicted octanol–water partition coefficient (Wildman–Crippen LogP) is 2.16. The topological polar surface area (TPSA) is 92.7 Å². The lowest BCUT2D eigenvalue weighted by Gasteiger charge is -2.30. The first kappa shape index (κ1) is 20.4. The summed E-state index contributed by atoms with van der Waals surface area (Å²) in [5, 5.41) is 0. The summed E-state index contributed by atoms with van der Waals surface area (Å²) in [5.41, 5.74) is 8.15. The molecule has 0 unspecified atom stereocenters. The molecule has 2 fully saturated rings. The minimum atomic E-state index is -0.134. The van der Waals surface area contributed by atoms with Crippen molar-refractivity contribution in [3.8, 4) is 0 Å². The molecule has 2 N–H and O–H groups in total. The number of carbonyl (C=O) groups excluding carboxylic acids is 2. The van der Waals surface area contributed by atoms with Crippen LogP contribution in [0, 0.1) is 18.8 Å². The number of carbonyl (C=O) groups is 2. The molecule has 28 heavy (non-hydrogen) atoms. The van der Waals surface area contributed by atoms with Gasteiger partial charge in [-0.2, -0.15) is 0 Å². The van der Waals surface area contributed by atoms with Crippen LogP contribution in [-0.2, 0) is 11.3 Å². The number of oxazole rings is 1. The minimum Gasteiger partial charge on any atom is -0.447 e. The normalized spacial score (nSPS) is 23.5. The number of benzene rings is 1. The second kappa shape index (κ2) is 7.93. The number of aromatic nitrogens is 1. The molecule has 2 amide bonds. The van der Waals surface area contributed by atoms with Gasteiger partial charge < -0.3 is 20.0 Å². The lowest BCUT2D eigenvalue weighted by atomic mass is 9.87. The van der Waals surface area contributed by atoms with E-state index in [9.17, 15) is 9.59 Å². The highest BCUT2D eigenvalue weighted by Gasteiger charge is 2.50. The van der Waals surface area contributed by atoms with E-state index in [1.807, 2.05) is 21.9 Å². The third-order valence-corrected chi connectivity index (χ3v) is 5.81. The minimum absolute atomic E-state index is 0. The van der Waals surface area contributed by atoms with Crippen LogP contribution in [0.3, 0.4) is 0 Å². The maximum Gasteiger partial charge on any atom is 0.275 e. The van der Waals surface area contributed by atoms with Crippen LogP contribution in [0.5, 0.6) is 0 Å². The number of rotatable bonds is 3. The molecule has 2 aromatic rings. The van der Waals surface area contributed by atoms with Crippen molar-refractivity contribution in [2.75, 3.05) is 19.6 Å². The fourth-order valence-corrected chi connectivity index (χ4v) is 4.52. The predicted molar refractivity (Wildman–Crippen MR) is 106 cm³/mol. The zero-order chi connectivity index (χ0) is 19.1. The Morgan fingerprint density at radius 3 is 2.64 bits per heavy atom. The van der Waals surface area contributed by atoms with Crippen molar-refractivity contribution < 1.29 is 14.0 Å². The second-order valence-electron chi connectivity index (χ2n) is 7.44. The molecule has 0 spiro atoms. The van der Waals surface area contributed by atoms with Gasteiger partial charge in [-0.25, -0.2) is 4.98 Å². The molecule has 7 nitrogen and oxygen atoms in total. The van der Waals surface area contributed by atoms with Crippen molar-refractivity contribution in [3.05, 3.63) is 53.2 Å². The average Bonchev–Trinajstić information content (AvgIpc) is 3.35. The fourth-order valence-electron chi connectivity index (χ4n) is 4.52. The van der Waals surface area contributed by atoms with Crippen LogP contribution >= 0.6 is 12.4 Å². The first-order valence-corrected chi connectivity index (χ1v) is 9.26. The van der Waals surface area contributed by atoms with Crippen LogP contribution in [-0.4, -0.2) is 46.2 Å². The Morgan fingerprint density at radius 1 is 1.25 bits per heavy atom. The van der Waals surface area contributed by atoms with E-state index in [1.54, 1.807) is 6.92 Å². The number of hydrogen-bond donors (Lipinski definition) is 1. The molecule has 1 aromatic carbocycles. The SMILES string of the molecule is CC(=O)N1C[C@H]2CN(C(=O)c3coc(CN)n3)C[C@H]2[C@@H]1c1ccccc1C.Cl. The molecule has 0 aliphatic carbocycles. The smallest absolute Gasteiger partial charge is 0.275 e. The zero-order valence-electron chi connectivity index (χ0n) is 16.0. The van der Waals surface area contributed by atoms with Crippen molar-refractivity contribution in [1.29, 1.82) is 0 Å². The lowest BCUT2D eigenvalue weighted by molar-refractivity contribution is -0.130. The van der Waals surface area contributed by atoms with Crippen molar-refractivity contribution in [3.63, 3.8) is 0 Å². The molecule has 2 aliphatic heterocycles. The van der Waals surface area contributed by atoms with E-state index in [4.69, 9.17) is 10.2 Å². The molecular formula is C20H25ClN4O3. The van der Waals surface area contributed by atoms with E-state index in [2.05, 4.69) is 24.0 Å². The largest absolute Gasteiger partial charge is 0.447 e. The van der Waals surface area contributed by atoms with Gasteiger partial charge in [-0.15, -0.1) is 12.4 Å². The summed E-state index contributed by atoms with van der Waals surface area (Å²) in [6.45, 7) is 5.77. The molecule has 0 saturated carbocycles. The van der Waals surface area contributed by atoms with Gasteiger partial charge >= 0.3 is 0 Å². The first-order valence-electron chi connectivity index (χ1n) is 9.26. The molecule has 3 atom stereocenters. The van der Waals surface area contributed by atoms with Gasteiger partial charge in [0.2, 0.25) is 11.8 Å². The molecule has 150 valence electrons. The summed E-state index contributed by atoms with van der Waals surface area (Å²) in [4.78, 5) is 33.0. The molecule has 1 aromatic heterocycles. The highest BCUT2D eigenvalue weighted by atomic mass is 35.5. The molecule has 0 radical (unpaired) electrons. The van der Waals surface area contributed by atoms with Gasteiger partial charge in [-0.05, 0) is 18.1 Å². The maximum atomic E-state index is 12.8. The maximum absolute atomic E-state index is 12.8. The Bertz CT molecular complexity index is 884. The summed E-state index contributed by atoms with van der Waals surface area (Å²) in [7, 11) is 0. The number of aryl methyl sites for hydroxylation is 1. The van der Waals surface area contributed by atoms with E-state index >= 15 is 0 Å². The standard InChI is InChI=1S/C20H24N4O3.ClH/c1-12-5-3-4-6-15(12)19-16-10-23(8-14(16)9-24(19)13(2)25)20(26)17-11-27-18(7-21)22-17;/h3-6,11,14,16,19H,7-10,21H2,1-2H3;1H/t14-,16-,19+;/m1./s1. The molecule has 4 rings (SSSR count). The van der Waals surface area contributed by atoms with Gasteiger partial charge in [0, 0.05) is 38.4 Å². The highest BCUT2D eigenvalue weighted by Crippen LogP contribution is 2.45. The number of nitrogens with two attached hydrogens (primary N) is 1. The number of hydrogen-bond acceptors (Lipinski definition) is 5. The average molecular weight is 405 g/mol. The number of likely N-dealkylation sites (tertiary alicyclic amines) is 2. The monoisotopic (exact) mass is 404 g/mol. The molecule has 2 saturated heterocycles. The van der Waals surface area contributed by atoms with Gasteiger partial charge in [0.25, 0.3) is 5.91 Å². The molecular weight excluding hydrogens is 380 g/mol. The number of nitrogens with zero attached hydrogens (tertiary/aromatic N) is 3. The Morgan fingerprint density at radius 2 is 2.00 bits per heavy atom. The molecule has 3 heterocycles. The summed E-state index contributed by atoms with van der Waals surface area (Å²) >= 11 is 0. The van der Waals surface area contributed by atoms with Crippen LogP contribution in [0.4, 0.5) is 0 Å². The Labute approximate surface area is 170 Å². The van der Waals surface area contributed by atoms with Crippen molar-refractivity contribution in [2.24, 2.45) is 17.6 Å². The summed E-state index contributed by atoms with van der Waals surface area (Å²) in [6.07, 6.45) is 1.37. The third-order valence-electron chi connectivity index (χ3n) is 5.81. The molecule has 8 heteroatoms. The van der Waals surface area contributed by atoms with E-state index < -0.39 is 0 Å². The quantitative estimate of drug-likeness (QED) is 0.846. The number of fused-ring (bicyclic) bond motifs is 1. The van der Waals surface area contributed by atoms with Crippen LogP contribution in [0.2, 0.25) is 0 Å². The van der Waals surface area contributed by atoms with Gasteiger partial charge in [-0.3, -0.25) is 9.59 Å². The van der Waals surface area contributed by atoms with Crippen molar-refractivity contribution in [2.45, 2.75) is 26.4 Å². The van der Waals surface area contributed by atoms with Gasteiger partial charge in [0.15, 0.2) is 5.69 Å². The third kappa shape index (κ3) is 3.40. The van der Waals surface area contributed by atoms with Gasteiger partial charge in [0.1, 0.15) is 6.26 Å². The zero-order valence-corrected chi connectivity index (χ0v) is 16.8. The molecule has 0 bridgehead atoms. The van der Waals surface area contributed by atoms with Gasteiger partial charge in [0.05, 0.1) is 12.6 Å². The summed E-state index contributed by atoms with van der Waals surface area (Å²) in [5.74, 6) is 0.798. The van der Waals surface area contributed by atoms with E-state index in [0.717, 1.165) is 0 Å². The van der Waals surface area contributed by atoms with E-state index in [-0.39, 0.29) is 48.6 Å². The highest BCUT2D eigenvalue weighted by molar-refractivity contribution is 5.92. The van der Waals surface area contributed by atoms with Gasteiger partial charge in [-0.1, -0.05) is 24.3 Å². The van der Waals surface area contributed by atoms with Crippen molar-refractivity contribution in [1.82, 2.24) is 14.8 Å². The molecule has 2 aliphatic rings. The summed E-state index contributed by atoms with van der Waals surface area (Å²) < 4.78 is 5.21. The van der Waals surface area contributed by atoms with Crippen LogP contribution in [0.1, 0.15) is 40.5 Å². The Balaban J connectivity index is 0.00000225. The fraction of sp³-hybridized carbons (Fsp3) is 0.450. The summed E-state index contributed by atoms with van der Waals surface area (Å²) in [6, 6.07) is 8.18. The number of amides is 2. The second-order valence-corrected chi connectivity index (χ2v) is 7.44. The van der Waals surface area contributed by atoms with Crippen LogP contribution < -0.4 is 5.73 Å². The van der Waals surface area contributed by atoms with E-state index in [0.29, 0.717) is 31.2 Å². The lowest BCUT2D eigenvalue weighted by Crippen LogP contribution is -2.36.